The Kier molecular flexibility index (Phi) is 3.28. The lowest BCUT2D eigenvalue weighted by molar-refractivity contribution is 0.738. The number of nitrogens with one attached hydrogen (secondary N) is 1. The molecular formula is C16H15N5. The Labute approximate surface area is 122 Å². The Morgan fingerprint density at radius 1 is 1.33 bits per heavy atom. The van der Waals surface area contributed by atoms with Gasteiger partial charge in [-0.3, -0.25) is 4.68 Å². The first kappa shape index (κ1) is 13.1. The number of hydrogen-bond acceptors (Lipinski definition) is 4. The summed E-state index contributed by atoms with van der Waals surface area (Å²) in [4.78, 5) is 4.55. The Balaban J connectivity index is 1.91. The summed E-state index contributed by atoms with van der Waals surface area (Å²) in [5.41, 5.74) is 3.68. The standard InChI is InChI=1S/C16H15N5/c1-11-13(10-19-21(11)2)9-18-16-7-12(8-17)14-5-3-4-6-15(14)20-16/h3-7,10H,9H2,1-2H3,(H,18,20). The van der Waals surface area contributed by atoms with E-state index in [9.17, 15) is 5.26 Å². The van der Waals surface area contributed by atoms with Gasteiger partial charge in [0.05, 0.1) is 23.3 Å². The van der Waals surface area contributed by atoms with Crippen molar-refractivity contribution >= 4 is 16.7 Å². The Morgan fingerprint density at radius 3 is 2.86 bits per heavy atom. The molecule has 0 aliphatic carbocycles. The molecule has 0 amide bonds. The summed E-state index contributed by atoms with van der Waals surface area (Å²) in [7, 11) is 1.92. The molecular weight excluding hydrogens is 262 g/mol. The first-order valence-corrected chi connectivity index (χ1v) is 6.70. The molecule has 0 aliphatic rings. The number of nitriles is 1. The lowest BCUT2D eigenvalue weighted by atomic mass is 10.1. The molecule has 0 atom stereocenters. The number of aryl methyl sites for hydroxylation is 1. The summed E-state index contributed by atoms with van der Waals surface area (Å²) in [5.74, 6) is 0.702. The van der Waals surface area contributed by atoms with Gasteiger partial charge in [-0.05, 0) is 19.1 Å². The zero-order valence-electron chi connectivity index (χ0n) is 12.0. The fraction of sp³-hybridized carbons (Fsp3) is 0.188. The highest BCUT2D eigenvalue weighted by atomic mass is 15.3. The number of para-hydroxylation sites is 1. The predicted molar refractivity (Wildman–Crippen MR) is 81.7 cm³/mol. The summed E-state index contributed by atoms with van der Waals surface area (Å²) in [6.45, 7) is 2.66. The van der Waals surface area contributed by atoms with Crippen LogP contribution < -0.4 is 5.32 Å². The number of hydrogen-bond donors (Lipinski definition) is 1. The summed E-state index contributed by atoms with van der Waals surface area (Å²) in [5, 5.41) is 17.6. The van der Waals surface area contributed by atoms with Gasteiger partial charge in [-0.2, -0.15) is 10.4 Å². The van der Waals surface area contributed by atoms with Crippen molar-refractivity contribution in [3.63, 3.8) is 0 Å². The smallest absolute Gasteiger partial charge is 0.128 e. The van der Waals surface area contributed by atoms with Crippen LogP contribution in [0.5, 0.6) is 0 Å². The van der Waals surface area contributed by atoms with E-state index in [1.165, 1.54) is 0 Å². The van der Waals surface area contributed by atoms with Crippen LogP contribution in [0.2, 0.25) is 0 Å². The van der Waals surface area contributed by atoms with Crippen LogP contribution in [0.4, 0.5) is 5.82 Å². The van der Waals surface area contributed by atoms with Gasteiger partial charge in [-0.1, -0.05) is 18.2 Å². The lowest BCUT2D eigenvalue weighted by Crippen LogP contribution is -2.03. The molecule has 0 aliphatic heterocycles. The van der Waals surface area contributed by atoms with Gasteiger partial charge in [0, 0.05) is 30.2 Å². The summed E-state index contributed by atoms with van der Waals surface area (Å²) >= 11 is 0. The van der Waals surface area contributed by atoms with Crippen LogP contribution >= 0.6 is 0 Å². The van der Waals surface area contributed by atoms with E-state index in [1.54, 1.807) is 6.07 Å². The fourth-order valence-electron chi connectivity index (χ4n) is 2.26. The fourth-order valence-corrected chi connectivity index (χ4v) is 2.26. The molecule has 0 bridgehead atoms. The molecule has 3 rings (SSSR count). The number of pyridine rings is 1. The number of aromatic nitrogens is 3. The van der Waals surface area contributed by atoms with Crippen molar-refractivity contribution in [1.82, 2.24) is 14.8 Å². The number of benzene rings is 1. The zero-order chi connectivity index (χ0) is 14.8. The Morgan fingerprint density at radius 2 is 2.14 bits per heavy atom. The number of nitrogens with zero attached hydrogens (tertiary/aromatic N) is 4. The SMILES string of the molecule is Cc1c(CNc2cc(C#N)c3ccccc3n2)cnn1C. The van der Waals surface area contributed by atoms with Gasteiger partial charge in [0.2, 0.25) is 0 Å². The zero-order valence-corrected chi connectivity index (χ0v) is 12.0. The maximum absolute atomic E-state index is 9.27. The van der Waals surface area contributed by atoms with Crippen LogP contribution in [0, 0.1) is 18.3 Å². The van der Waals surface area contributed by atoms with Gasteiger partial charge in [-0.25, -0.2) is 4.98 Å². The first-order chi connectivity index (χ1) is 10.2. The van der Waals surface area contributed by atoms with E-state index in [0.29, 0.717) is 17.9 Å². The lowest BCUT2D eigenvalue weighted by Gasteiger charge is -2.08. The molecule has 5 heteroatoms. The van der Waals surface area contributed by atoms with E-state index in [-0.39, 0.29) is 0 Å². The van der Waals surface area contributed by atoms with Crippen molar-refractivity contribution in [1.29, 1.82) is 5.26 Å². The third kappa shape index (κ3) is 2.43. The minimum atomic E-state index is 0.631. The summed E-state index contributed by atoms with van der Waals surface area (Å²) in [6, 6.07) is 11.7. The van der Waals surface area contributed by atoms with E-state index in [2.05, 4.69) is 21.5 Å². The molecule has 1 N–H and O–H groups in total. The van der Waals surface area contributed by atoms with Crippen molar-refractivity contribution in [2.45, 2.75) is 13.5 Å². The normalized spacial score (nSPS) is 10.5. The maximum atomic E-state index is 9.27. The molecule has 5 nitrogen and oxygen atoms in total. The molecule has 0 fully saturated rings. The van der Waals surface area contributed by atoms with E-state index in [1.807, 2.05) is 49.1 Å². The molecule has 2 aromatic heterocycles. The molecule has 2 heterocycles. The monoisotopic (exact) mass is 277 g/mol. The Bertz CT molecular complexity index is 841. The first-order valence-electron chi connectivity index (χ1n) is 6.70. The predicted octanol–water partition coefficient (Wildman–Crippen LogP) is 2.76. The molecule has 0 saturated carbocycles. The van der Waals surface area contributed by atoms with E-state index >= 15 is 0 Å². The second kappa shape index (κ2) is 5.25. The molecule has 0 unspecified atom stereocenters. The van der Waals surface area contributed by atoms with Gasteiger partial charge in [0.25, 0.3) is 0 Å². The van der Waals surface area contributed by atoms with E-state index in [0.717, 1.165) is 22.2 Å². The van der Waals surface area contributed by atoms with E-state index in [4.69, 9.17) is 0 Å². The average Bonchev–Trinajstić information content (AvgIpc) is 2.83. The van der Waals surface area contributed by atoms with Crippen LogP contribution in [-0.4, -0.2) is 14.8 Å². The molecule has 0 saturated heterocycles. The summed E-state index contributed by atoms with van der Waals surface area (Å²) < 4.78 is 1.84. The molecule has 21 heavy (non-hydrogen) atoms. The van der Waals surface area contributed by atoms with E-state index < -0.39 is 0 Å². The number of fused-ring (bicyclic) bond motifs is 1. The van der Waals surface area contributed by atoms with Gasteiger partial charge in [0.1, 0.15) is 5.82 Å². The number of rotatable bonds is 3. The van der Waals surface area contributed by atoms with Gasteiger partial charge in [-0.15, -0.1) is 0 Å². The Hall–Kier alpha value is -2.87. The van der Waals surface area contributed by atoms with Crippen molar-refractivity contribution in [2.75, 3.05) is 5.32 Å². The van der Waals surface area contributed by atoms with Crippen molar-refractivity contribution in [2.24, 2.45) is 7.05 Å². The molecule has 0 spiro atoms. The van der Waals surface area contributed by atoms with Crippen LogP contribution in [-0.2, 0) is 13.6 Å². The minimum Gasteiger partial charge on any atom is -0.366 e. The number of anilines is 1. The van der Waals surface area contributed by atoms with Crippen LogP contribution in [0.3, 0.4) is 0 Å². The van der Waals surface area contributed by atoms with Gasteiger partial charge in [0.15, 0.2) is 0 Å². The van der Waals surface area contributed by atoms with Crippen LogP contribution in [0.1, 0.15) is 16.8 Å². The summed E-state index contributed by atoms with van der Waals surface area (Å²) in [6.07, 6.45) is 1.84. The molecule has 0 radical (unpaired) electrons. The third-order valence-corrected chi connectivity index (χ3v) is 3.63. The van der Waals surface area contributed by atoms with Crippen molar-refractivity contribution in [3.8, 4) is 6.07 Å². The van der Waals surface area contributed by atoms with Crippen LogP contribution in [0.25, 0.3) is 10.9 Å². The van der Waals surface area contributed by atoms with Gasteiger partial charge >= 0.3 is 0 Å². The third-order valence-electron chi connectivity index (χ3n) is 3.63. The highest BCUT2D eigenvalue weighted by Crippen LogP contribution is 2.20. The highest BCUT2D eigenvalue weighted by molar-refractivity contribution is 5.86. The maximum Gasteiger partial charge on any atom is 0.128 e. The van der Waals surface area contributed by atoms with Crippen LogP contribution in [0.15, 0.2) is 36.5 Å². The van der Waals surface area contributed by atoms with Crippen molar-refractivity contribution in [3.05, 3.63) is 53.3 Å². The topological polar surface area (TPSA) is 66.5 Å². The highest BCUT2D eigenvalue weighted by Gasteiger charge is 2.07. The second-order valence-electron chi connectivity index (χ2n) is 4.92. The average molecular weight is 277 g/mol. The second-order valence-corrected chi connectivity index (χ2v) is 4.92. The van der Waals surface area contributed by atoms with Gasteiger partial charge < -0.3 is 5.32 Å². The quantitative estimate of drug-likeness (QED) is 0.799. The molecule has 104 valence electrons. The largest absolute Gasteiger partial charge is 0.366 e. The van der Waals surface area contributed by atoms with Crippen molar-refractivity contribution < 1.29 is 0 Å². The molecule has 1 aromatic carbocycles. The molecule has 3 aromatic rings. The minimum absolute atomic E-state index is 0.631.